The van der Waals surface area contributed by atoms with E-state index in [1.54, 1.807) is 36.2 Å². The molecule has 0 saturated heterocycles. The molecule has 0 saturated carbocycles. The Hall–Kier alpha value is -3.08. The summed E-state index contributed by atoms with van der Waals surface area (Å²) in [6.45, 7) is 1.55. The van der Waals surface area contributed by atoms with E-state index in [4.69, 9.17) is 0 Å². The fourth-order valence-electron chi connectivity index (χ4n) is 1.97. The fourth-order valence-corrected chi connectivity index (χ4v) is 1.97. The van der Waals surface area contributed by atoms with Gasteiger partial charge in [0.2, 0.25) is 18.2 Å². The molecule has 0 bridgehead atoms. The van der Waals surface area contributed by atoms with Crippen LogP contribution in [0.1, 0.15) is 6.92 Å². The van der Waals surface area contributed by atoms with Gasteiger partial charge in [0.05, 0.1) is 18.1 Å². The van der Waals surface area contributed by atoms with Crippen LogP contribution in [0.25, 0.3) is 11.5 Å². The smallest absolute Gasteiger partial charge is 0.238 e. The van der Waals surface area contributed by atoms with Gasteiger partial charge in [-0.25, -0.2) is 4.99 Å². The second-order valence-corrected chi connectivity index (χ2v) is 4.75. The van der Waals surface area contributed by atoms with Gasteiger partial charge in [0, 0.05) is 22.5 Å². The van der Waals surface area contributed by atoms with Crippen molar-refractivity contribution in [2.24, 2.45) is 15.1 Å². The lowest BCUT2D eigenvalue weighted by molar-refractivity contribution is -0.678. The van der Waals surface area contributed by atoms with Crippen LogP contribution in [-0.4, -0.2) is 18.3 Å². The molecule has 0 fully saturated rings. The van der Waals surface area contributed by atoms with Gasteiger partial charge in [-0.2, -0.15) is 0 Å². The Kier molecular flexibility index (Phi) is 3.87. The topological polar surface area (TPSA) is 64.0 Å². The van der Waals surface area contributed by atoms with Crippen LogP contribution in [0.4, 0.5) is 0 Å². The number of pyridine rings is 1. The molecule has 0 atom stereocenters. The van der Waals surface area contributed by atoms with Gasteiger partial charge in [-0.1, -0.05) is 41.9 Å². The first kappa shape index (κ1) is 13.9. The summed E-state index contributed by atoms with van der Waals surface area (Å²) < 4.78 is 1.67. The van der Waals surface area contributed by atoms with Gasteiger partial charge >= 0.3 is 0 Å². The summed E-state index contributed by atoms with van der Waals surface area (Å²) in [7, 11) is 0. The van der Waals surface area contributed by atoms with E-state index in [1.807, 2.05) is 42.7 Å². The molecule has 0 aliphatic carbocycles. The molecule has 1 aliphatic rings. The molecule has 1 aromatic carbocycles. The third-order valence-electron chi connectivity index (χ3n) is 3.14. The molecule has 3 rings (SSSR count). The Morgan fingerprint density at radius 1 is 1.00 bits per heavy atom. The first-order valence-electron chi connectivity index (χ1n) is 6.84. The summed E-state index contributed by atoms with van der Waals surface area (Å²) in [5.74, 6) is 0.576. The quantitative estimate of drug-likeness (QED) is 0.658. The van der Waals surface area contributed by atoms with Crippen LogP contribution < -0.4 is 20.2 Å². The number of nitrogens with zero attached hydrogens (tertiary/aromatic N) is 4. The summed E-state index contributed by atoms with van der Waals surface area (Å²) >= 11 is 0. The van der Waals surface area contributed by atoms with Crippen LogP contribution in [0, 0.1) is 0 Å². The highest BCUT2D eigenvalue weighted by atomic mass is 16.3. The maximum absolute atomic E-state index is 11.3. The number of amidine groups is 1. The minimum Gasteiger partial charge on any atom is -0.875 e. The monoisotopic (exact) mass is 290 g/mol. The van der Waals surface area contributed by atoms with Gasteiger partial charge < -0.3 is 5.11 Å². The molecule has 2 heterocycles. The fraction of sp³-hybridized carbons (Fsp3) is 0.0588. The van der Waals surface area contributed by atoms with Crippen LogP contribution in [0.3, 0.4) is 0 Å². The summed E-state index contributed by atoms with van der Waals surface area (Å²) in [5.41, 5.74) is 0.743. The van der Waals surface area contributed by atoms with Crippen molar-refractivity contribution in [3.05, 3.63) is 65.3 Å². The van der Waals surface area contributed by atoms with Crippen LogP contribution >= 0.6 is 0 Å². The molecule has 22 heavy (non-hydrogen) atoms. The lowest BCUT2D eigenvalue weighted by Gasteiger charge is -2.03. The van der Waals surface area contributed by atoms with E-state index >= 15 is 0 Å². The Balaban J connectivity index is 1.91. The van der Waals surface area contributed by atoms with Gasteiger partial charge in [-0.05, 0) is 5.22 Å². The molecule has 108 valence electrons. The highest BCUT2D eigenvalue weighted by Crippen LogP contribution is 1.97. The first-order chi connectivity index (χ1) is 10.7. The van der Waals surface area contributed by atoms with Crippen LogP contribution in [-0.2, 0) is 0 Å². The highest BCUT2D eigenvalue weighted by molar-refractivity contribution is 6.36. The number of benzene rings is 1. The van der Waals surface area contributed by atoms with Crippen LogP contribution in [0.15, 0.2) is 69.9 Å². The molecule has 0 radical (unpaired) electrons. The molecule has 0 amide bonds. The van der Waals surface area contributed by atoms with Crippen molar-refractivity contribution >= 4 is 29.7 Å². The Morgan fingerprint density at radius 2 is 1.73 bits per heavy atom. The van der Waals surface area contributed by atoms with Crippen LogP contribution in [0.5, 0.6) is 0 Å². The summed E-state index contributed by atoms with van der Waals surface area (Å²) in [5, 5.41) is 17.2. The van der Waals surface area contributed by atoms with Crippen molar-refractivity contribution < 1.29 is 9.78 Å². The van der Waals surface area contributed by atoms with Crippen molar-refractivity contribution in [3.8, 4) is 0 Å². The summed E-state index contributed by atoms with van der Waals surface area (Å²) in [6, 6.07) is 13.0. The number of hydrogen-bond donors (Lipinski definition) is 0. The van der Waals surface area contributed by atoms with Crippen molar-refractivity contribution in [3.63, 3.8) is 0 Å². The zero-order valence-corrected chi connectivity index (χ0v) is 12.0. The Labute approximate surface area is 127 Å². The number of aliphatic imine (C=N–C) groups is 2. The lowest BCUT2D eigenvalue weighted by atomic mass is 10.2. The largest absolute Gasteiger partial charge is 0.875 e. The molecule has 1 aliphatic heterocycles. The summed E-state index contributed by atoms with van der Waals surface area (Å²) in [4.78, 5) is 8.66. The Bertz CT molecular complexity index is 851. The average Bonchev–Trinajstić information content (AvgIpc) is 2.57. The van der Waals surface area contributed by atoms with E-state index in [0.29, 0.717) is 11.1 Å². The molecule has 5 nitrogen and oxygen atoms in total. The zero-order chi connectivity index (χ0) is 15.4. The van der Waals surface area contributed by atoms with E-state index < -0.39 is 0 Å². The standard InChI is InChI=1S/C17H14N4O/c1-13(22)14-5-7-15(8-6-14)16-11-19-17(12-18-16)20-21-9-3-2-4-10-21/h2-12H,1H3. The zero-order valence-electron chi connectivity index (χ0n) is 12.0. The molecule has 0 N–H and O–H groups in total. The highest BCUT2D eigenvalue weighted by Gasteiger charge is 2.05. The predicted octanol–water partition coefficient (Wildman–Crippen LogP) is -0.412. The van der Waals surface area contributed by atoms with Gasteiger partial charge in [-0.15, -0.1) is 5.76 Å². The normalized spacial score (nSPS) is 15.3. The maximum atomic E-state index is 11.3. The van der Waals surface area contributed by atoms with Crippen molar-refractivity contribution in [2.75, 3.05) is 0 Å². The lowest BCUT2D eigenvalue weighted by Crippen LogP contribution is -2.28. The minimum absolute atomic E-state index is 0.0478. The molecular formula is C17H14N4O. The molecule has 0 unspecified atom stereocenters. The van der Waals surface area contributed by atoms with Crippen LogP contribution in [0.2, 0.25) is 0 Å². The Morgan fingerprint density at radius 3 is 2.32 bits per heavy atom. The van der Waals surface area contributed by atoms with Gasteiger partial charge in [0.25, 0.3) is 0 Å². The first-order valence-corrected chi connectivity index (χ1v) is 6.84. The van der Waals surface area contributed by atoms with Crippen molar-refractivity contribution in [1.82, 2.24) is 0 Å². The van der Waals surface area contributed by atoms with E-state index in [0.717, 1.165) is 10.9 Å². The van der Waals surface area contributed by atoms with Gasteiger partial charge in [0.15, 0.2) is 0 Å². The maximum Gasteiger partial charge on any atom is 0.238 e. The number of hydrogen-bond acceptors (Lipinski definition) is 3. The van der Waals surface area contributed by atoms with Crippen molar-refractivity contribution in [1.29, 1.82) is 0 Å². The number of rotatable bonds is 1. The van der Waals surface area contributed by atoms with E-state index in [-0.39, 0.29) is 5.76 Å². The molecule has 0 spiro atoms. The summed E-state index contributed by atoms with van der Waals surface area (Å²) in [6.07, 6.45) is 6.95. The second-order valence-electron chi connectivity index (χ2n) is 4.75. The third-order valence-corrected chi connectivity index (χ3v) is 3.14. The second kappa shape index (κ2) is 6.13. The van der Waals surface area contributed by atoms with Gasteiger partial charge in [-0.3, -0.25) is 4.99 Å². The molecule has 2 aromatic rings. The van der Waals surface area contributed by atoms with Gasteiger partial charge in [0.1, 0.15) is 0 Å². The molecule has 5 heteroatoms. The van der Waals surface area contributed by atoms with E-state index in [2.05, 4.69) is 15.1 Å². The minimum atomic E-state index is 0.0478. The number of aromatic nitrogens is 1. The van der Waals surface area contributed by atoms with Crippen molar-refractivity contribution in [2.45, 2.75) is 6.92 Å². The average molecular weight is 290 g/mol. The SMILES string of the molecule is CC([O-])=c1ccc(=C2C=N/C(=N/[n+]3ccccc3)C=N2)cc1. The molecular weight excluding hydrogens is 276 g/mol. The van der Waals surface area contributed by atoms with E-state index in [9.17, 15) is 5.11 Å². The van der Waals surface area contributed by atoms with E-state index in [1.165, 1.54) is 0 Å². The third kappa shape index (κ3) is 3.15. The predicted molar refractivity (Wildman–Crippen MR) is 84.6 cm³/mol. The molecule has 1 aromatic heterocycles.